The SMILES string of the molecule is CCOP(=O)(OCC)C1=C[C@@H]2CC(C)(C)C[C@@H]2CC1=O. The molecule has 20 heavy (non-hydrogen) atoms. The number of ketones is 1. The molecule has 114 valence electrons. The van der Waals surface area contributed by atoms with Gasteiger partial charge in [0.2, 0.25) is 0 Å². The summed E-state index contributed by atoms with van der Waals surface area (Å²) in [4.78, 5) is 12.3. The predicted molar refractivity (Wildman–Crippen MR) is 78.6 cm³/mol. The molecule has 0 heterocycles. The van der Waals surface area contributed by atoms with Crippen molar-refractivity contribution < 1.29 is 18.4 Å². The second-order valence-corrected chi connectivity index (χ2v) is 8.50. The third-order valence-corrected chi connectivity index (χ3v) is 6.39. The molecule has 4 nitrogen and oxygen atoms in total. The molecule has 0 aromatic carbocycles. The molecule has 0 saturated heterocycles. The first-order valence-corrected chi connectivity index (χ1v) is 9.00. The Kier molecular flexibility index (Phi) is 4.58. The van der Waals surface area contributed by atoms with Gasteiger partial charge in [-0.3, -0.25) is 9.36 Å². The average Bonchev–Trinajstić information content (AvgIpc) is 2.61. The van der Waals surface area contributed by atoms with Gasteiger partial charge < -0.3 is 9.05 Å². The maximum absolute atomic E-state index is 12.8. The molecule has 2 rings (SSSR count). The summed E-state index contributed by atoms with van der Waals surface area (Å²) in [5.41, 5.74) is 0.253. The average molecular weight is 300 g/mol. The van der Waals surface area contributed by atoms with E-state index in [0.29, 0.717) is 23.6 Å². The molecule has 0 bridgehead atoms. The fourth-order valence-corrected chi connectivity index (χ4v) is 5.37. The van der Waals surface area contributed by atoms with Crippen LogP contribution in [0, 0.1) is 17.3 Å². The highest BCUT2D eigenvalue weighted by Crippen LogP contribution is 2.61. The Labute approximate surface area is 121 Å². The van der Waals surface area contributed by atoms with E-state index < -0.39 is 7.60 Å². The summed E-state index contributed by atoms with van der Waals surface area (Å²) in [6, 6.07) is 0. The Morgan fingerprint density at radius 2 is 1.85 bits per heavy atom. The van der Waals surface area contributed by atoms with Crippen LogP contribution in [0.3, 0.4) is 0 Å². The normalized spacial score (nSPS) is 29.2. The summed E-state index contributed by atoms with van der Waals surface area (Å²) in [6.45, 7) is 8.55. The van der Waals surface area contributed by atoms with Gasteiger partial charge in [0.25, 0.3) is 0 Å². The molecule has 2 aliphatic rings. The van der Waals surface area contributed by atoms with E-state index in [1.807, 2.05) is 6.08 Å². The van der Waals surface area contributed by atoms with E-state index in [1.54, 1.807) is 13.8 Å². The zero-order valence-corrected chi connectivity index (χ0v) is 13.7. The van der Waals surface area contributed by atoms with E-state index in [1.165, 1.54) is 0 Å². The van der Waals surface area contributed by atoms with E-state index in [2.05, 4.69) is 13.8 Å². The van der Waals surface area contributed by atoms with Crippen molar-refractivity contribution in [2.75, 3.05) is 13.2 Å². The molecule has 0 aromatic rings. The van der Waals surface area contributed by atoms with Crippen LogP contribution in [0.1, 0.15) is 47.0 Å². The highest BCUT2D eigenvalue weighted by Gasteiger charge is 2.46. The third-order valence-electron chi connectivity index (χ3n) is 4.21. The Bertz CT molecular complexity index is 456. The number of carbonyl (C=O) groups excluding carboxylic acids is 1. The van der Waals surface area contributed by atoms with E-state index >= 15 is 0 Å². The van der Waals surface area contributed by atoms with Crippen LogP contribution in [0.15, 0.2) is 11.4 Å². The Hall–Kier alpha value is -0.440. The zero-order chi connectivity index (χ0) is 15.0. The number of allylic oxidation sites excluding steroid dienone is 2. The number of hydrogen-bond acceptors (Lipinski definition) is 4. The molecule has 0 unspecified atom stereocenters. The molecule has 2 aliphatic carbocycles. The van der Waals surface area contributed by atoms with Gasteiger partial charge >= 0.3 is 7.60 Å². The molecule has 2 atom stereocenters. The van der Waals surface area contributed by atoms with Gasteiger partial charge in [-0.2, -0.15) is 0 Å². The summed E-state index contributed by atoms with van der Waals surface area (Å²) >= 11 is 0. The highest BCUT2D eigenvalue weighted by atomic mass is 31.2. The smallest absolute Gasteiger partial charge is 0.305 e. The predicted octanol–water partition coefficient (Wildman–Crippen LogP) is 4.16. The van der Waals surface area contributed by atoms with Gasteiger partial charge in [0, 0.05) is 6.42 Å². The minimum absolute atomic E-state index is 0.0609. The Balaban J connectivity index is 2.30. The van der Waals surface area contributed by atoms with Crippen LogP contribution >= 0.6 is 7.60 Å². The second-order valence-electron chi connectivity index (χ2n) is 6.51. The van der Waals surface area contributed by atoms with Gasteiger partial charge in [0.05, 0.1) is 13.2 Å². The van der Waals surface area contributed by atoms with Gasteiger partial charge in [0.1, 0.15) is 5.31 Å². The van der Waals surface area contributed by atoms with Crippen LogP contribution in [-0.4, -0.2) is 19.0 Å². The molecule has 0 radical (unpaired) electrons. The molecule has 1 saturated carbocycles. The van der Waals surface area contributed by atoms with Crippen LogP contribution in [-0.2, 0) is 18.4 Å². The molecule has 0 amide bonds. The van der Waals surface area contributed by atoms with Crippen molar-refractivity contribution in [3.05, 3.63) is 11.4 Å². The maximum Gasteiger partial charge on any atom is 0.364 e. The lowest BCUT2D eigenvalue weighted by atomic mass is 9.86. The van der Waals surface area contributed by atoms with Crippen LogP contribution in [0.25, 0.3) is 0 Å². The molecule has 1 fully saturated rings. The lowest BCUT2D eigenvalue weighted by Gasteiger charge is -2.27. The minimum Gasteiger partial charge on any atom is -0.305 e. The largest absolute Gasteiger partial charge is 0.364 e. The van der Waals surface area contributed by atoms with Crippen LogP contribution < -0.4 is 0 Å². The lowest BCUT2D eigenvalue weighted by molar-refractivity contribution is -0.116. The number of Topliss-reactive ketones (excluding diaryl/α,β-unsaturated/α-hetero) is 1. The van der Waals surface area contributed by atoms with Gasteiger partial charge in [-0.1, -0.05) is 19.9 Å². The summed E-state index contributed by atoms with van der Waals surface area (Å²) < 4.78 is 23.4. The van der Waals surface area contributed by atoms with Crippen molar-refractivity contribution in [2.45, 2.75) is 47.0 Å². The van der Waals surface area contributed by atoms with Crippen molar-refractivity contribution in [2.24, 2.45) is 17.3 Å². The fraction of sp³-hybridized carbons (Fsp3) is 0.800. The molecular weight excluding hydrogens is 275 g/mol. The van der Waals surface area contributed by atoms with Crippen LogP contribution in [0.4, 0.5) is 0 Å². The van der Waals surface area contributed by atoms with Crippen molar-refractivity contribution >= 4 is 13.4 Å². The number of hydrogen-bond donors (Lipinski definition) is 0. The first-order chi connectivity index (χ1) is 9.31. The number of fused-ring (bicyclic) bond motifs is 1. The first-order valence-electron chi connectivity index (χ1n) is 7.46. The first kappa shape index (κ1) is 15.9. The van der Waals surface area contributed by atoms with Crippen molar-refractivity contribution in [3.63, 3.8) is 0 Å². The summed E-state index contributed by atoms with van der Waals surface area (Å²) in [6.07, 6.45) is 4.45. The van der Waals surface area contributed by atoms with E-state index in [0.717, 1.165) is 12.8 Å². The fourth-order valence-electron chi connectivity index (χ4n) is 3.57. The standard InChI is InChI=1S/C15H25O4P/c1-5-18-20(17,19-6-2)14-8-12-10-15(3,4)9-11(12)7-13(14)16/h8,11-12H,5-7,9-10H2,1-4H3/t11-,12+/m0/s1. The zero-order valence-electron chi connectivity index (χ0n) is 12.8. The molecule has 0 aliphatic heterocycles. The van der Waals surface area contributed by atoms with E-state index in [-0.39, 0.29) is 24.4 Å². The molecule has 0 spiro atoms. The van der Waals surface area contributed by atoms with Crippen LogP contribution in [0.5, 0.6) is 0 Å². The van der Waals surface area contributed by atoms with Gasteiger partial charge in [-0.15, -0.1) is 0 Å². The topological polar surface area (TPSA) is 52.6 Å². The van der Waals surface area contributed by atoms with Gasteiger partial charge in [0.15, 0.2) is 5.78 Å². The summed E-state index contributed by atoms with van der Waals surface area (Å²) in [5, 5.41) is 0.292. The lowest BCUT2D eigenvalue weighted by Crippen LogP contribution is -2.21. The molecule has 0 aromatic heterocycles. The highest BCUT2D eigenvalue weighted by molar-refractivity contribution is 7.60. The molecular formula is C15H25O4P. The number of carbonyl (C=O) groups is 1. The third kappa shape index (κ3) is 3.08. The van der Waals surface area contributed by atoms with Crippen LogP contribution in [0.2, 0.25) is 0 Å². The quantitative estimate of drug-likeness (QED) is 0.715. The van der Waals surface area contributed by atoms with E-state index in [4.69, 9.17) is 9.05 Å². The summed E-state index contributed by atoms with van der Waals surface area (Å²) in [7, 11) is -3.43. The van der Waals surface area contributed by atoms with Gasteiger partial charge in [-0.05, 0) is 43.9 Å². The maximum atomic E-state index is 12.8. The van der Waals surface area contributed by atoms with Crippen molar-refractivity contribution in [3.8, 4) is 0 Å². The van der Waals surface area contributed by atoms with Crippen molar-refractivity contribution in [1.29, 1.82) is 0 Å². The monoisotopic (exact) mass is 300 g/mol. The molecule has 0 N–H and O–H groups in total. The number of rotatable bonds is 5. The van der Waals surface area contributed by atoms with E-state index in [9.17, 15) is 9.36 Å². The second kappa shape index (κ2) is 5.75. The molecule has 5 heteroatoms. The summed E-state index contributed by atoms with van der Waals surface area (Å²) in [5.74, 6) is 0.652. The van der Waals surface area contributed by atoms with Crippen molar-refractivity contribution in [1.82, 2.24) is 0 Å². The Morgan fingerprint density at radius 1 is 1.25 bits per heavy atom. The Morgan fingerprint density at radius 3 is 2.40 bits per heavy atom. The van der Waals surface area contributed by atoms with Gasteiger partial charge in [-0.25, -0.2) is 0 Å². The minimum atomic E-state index is -3.43.